The molecule has 0 aromatic heterocycles. The van der Waals surface area contributed by atoms with Gasteiger partial charge in [-0.15, -0.1) is 0 Å². The molecular formula is C7H12O6S2. The van der Waals surface area contributed by atoms with E-state index in [9.17, 15) is 9.59 Å². The second-order valence-corrected chi connectivity index (χ2v) is 2.81. The van der Waals surface area contributed by atoms with Gasteiger partial charge in [0.15, 0.2) is 0 Å². The Morgan fingerprint density at radius 3 is 1.93 bits per heavy atom. The summed E-state index contributed by atoms with van der Waals surface area (Å²) in [7, 11) is 0. The molecule has 1 N–H and O–H groups in total. The Hall–Kier alpha value is -0.440. The molecule has 0 saturated heterocycles. The molecule has 15 heavy (non-hydrogen) atoms. The maximum absolute atomic E-state index is 10.8. The summed E-state index contributed by atoms with van der Waals surface area (Å²) in [5.41, 5.74) is 0. The lowest BCUT2D eigenvalue weighted by molar-refractivity contribution is -0.264. The van der Waals surface area contributed by atoms with E-state index in [1.165, 1.54) is 0 Å². The third-order valence-corrected chi connectivity index (χ3v) is 1.58. The molecule has 88 valence electrons. The molecule has 0 heterocycles. The number of carbonyl (C=O) groups is 2. The lowest BCUT2D eigenvalue weighted by Crippen LogP contribution is -2.29. The van der Waals surface area contributed by atoms with Gasteiger partial charge in [0.25, 0.3) is 0 Å². The molecule has 0 saturated carbocycles. The van der Waals surface area contributed by atoms with E-state index in [4.69, 9.17) is 9.84 Å². The minimum atomic E-state index is -1.46. The molecule has 0 radical (unpaired) electrons. The molecule has 0 unspecified atom stereocenters. The minimum Gasteiger partial charge on any atom is -0.400 e. The van der Waals surface area contributed by atoms with Gasteiger partial charge in [0.2, 0.25) is 0 Å². The van der Waals surface area contributed by atoms with E-state index in [1.807, 2.05) is 0 Å². The summed E-state index contributed by atoms with van der Waals surface area (Å²) in [6.45, 7) is -1.87. The van der Waals surface area contributed by atoms with Gasteiger partial charge in [0.05, 0.1) is 24.7 Å². The average Bonchev–Trinajstić information content (AvgIpc) is 2.25. The molecule has 0 fully saturated rings. The number of hydrogen-bond donors (Lipinski definition) is 3. The number of rotatable bonds is 7. The fraction of sp³-hybridized carbons (Fsp3) is 0.714. The van der Waals surface area contributed by atoms with Crippen molar-refractivity contribution >= 4 is 37.2 Å². The van der Waals surface area contributed by atoms with Crippen molar-refractivity contribution in [2.24, 2.45) is 0 Å². The number of aliphatic hydroxyl groups excluding tert-OH is 1. The second-order valence-electron chi connectivity index (χ2n) is 2.18. The number of ether oxygens (including phenoxy) is 3. The van der Waals surface area contributed by atoms with Crippen LogP contribution >= 0.6 is 25.3 Å². The minimum absolute atomic E-state index is 0.121. The van der Waals surface area contributed by atoms with Crippen molar-refractivity contribution in [2.75, 3.05) is 24.7 Å². The van der Waals surface area contributed by atoms with Crippen molar-refractivity contribution in [3.8, 4) is 0 Å². The standard InChI is InChI=1S/C7H12O6S2/c8-1-2-11-7(12-5(9)3-14)13-6(10)4-15/h7-8,14-15H,1-4H2. The van der Waals surface area contributed by atoms with Crippen molar-refractivity contribution in [3.05, 3.63) is 0 Å². The van der Waals surface area contributed by atoms with Gasteiger partial charge < -0.3 is 19.3 Å². The Morgan fingerprint density at radius 1 is 1.13 bits per heavy atom. The molecule has 0 aromatic carbocycles. The van der Waals surface area contributed by atoms with Gasteiger partial charge in [-0.05, 0) is 0 Å². The largest absolute Gasteiger partial charge is 0.400 e. The van der Waals surface area contributed by atoms with E-state index < -0.39 is 18.4 Å². The van der Waals surface area contributed by atoms with E-state index in [0.29, 0.717) is 0 Å². The van der Waals surface area contributed by atoms with Crippen LogP contribution in [0.1, 0.15) is 0 Å². The summed E-state index contributed by atoms with van der Waals surface area (Å²) >= 11 is 7.32. The van der Waals surface area contributed by atoms with Crippen LogP contribution in [0, 0.1) is 0 Å². The van der Waals surface area contributed by atoms with E-state index in [-0.39, 0.29) is 24.7 Å². The Morgan fingerprint density at radius 2 is 1.60 bits per heavy atom. The van der Waals surface area contributed by atoms with Crippen molar-refractivity contribution in [1.29, 1.82) is 0 Å². The molecule has 6 nitrogen and oxygen atoms in total. The third-order valence-electron chi connectivity index (χ3n) is 1.06. The second kappa shape index (κ2) is 8.84. The molecular weight excluding hydrogens is 244 g/mol. The Bertz CT molecular complexity index is 192. The first-order valence-electron chi connectivity index (χ1n) is 3.97. The molecule has 0 rings (SSSR count). The highest BCUT2D eigenvalue weighted by molar-refractivity contribution is 7.81. The Kier molecular flexibility index (Phi) is 8.58. The van der Waals surface area contributed by atoms with Gasteiger partial charge in [0, 0.05) is 0 Å². The van der Waals surface area contributed by atoms with Crippen LogP contribution in [-0.4, -0.2) is 48.2 Å². The van der Waals surface area contributed by atoms with Crippen LogP contribution < -0.4 is 0 Å². The molecule has 0 aliphatic rings. The highest BCUT2D eigenvalue weighted by Crippen LogP contribution is 2.00. The van der Waals surface area contributed by atoms with Crippen molar-refractivity contribution < 1.29 is 28.9 Å². The summed E-state index contributed by atoms with van der Waals surface area (Å²) in [4.78, 5) is 21.6. The molecule has 0 spiro atoms. The Labute approximate surface area is 97.7 Å². The maximum Gasteiger partial charge on any atom is 0.365 e. The number of aliphatic hydroxyl groups is 1. The predicted octanol–water partition coefficient (Wildman–Crippen LogP) is -0.775. The van der Waals surface area contributed by atoms with E-state index in [1.54, 1.807) is 0 Å². The van der Waals surface area contributed by atoms with Crippen LogP contribution in [0.5, 0.6) is 0 Å². The first-order valence-corrected chi connectivity index (χ1v) is 5.23. The Balaban J connectivity index is 4.05. The highest BCUT2D eigenvalue weighted by Gasteiger charge is 2.17. The summed E-state index contributed by atoms with van der Waals surface area (Å²) in [5, 5.41) is 8.46. The van der Waals surface area contributed by atoms with Gasteiger partial charge in [-0.25, -0.2) is 0 Å². The van der Waals surface area contributed by atoms with Crippen LogP contribution in [0.3, 0.4) is 0 Å². The van der Waals surface area contributed by atoms with Crippen molar-refractivity contribution in [1.82, 2.24) is 0 Å². The monoisotopic (exact) mass is 256 g/mol. The van der Waals surface area contributed by atoms with E-state index in [0.717, 1.165) is 0 Å². The van der Waals surface area contributed by atoms with Crippen LogP contribution in [-0.2, 0) is 23.8 Å². The fourth-order valence-corrected chi connectivity index (χ4v) is 0.679. The molecule has 0 aliphatic carbocycles. The van der Waals surface area contributed by atoms with Crippen LogP contribution in [0.4, 0.5) is 0 Å². The summed E-state index contributed by atoms with van der Waals surface area (Å²) in [6, 6.07) is 0. The molecule has 0 amide bonds. The number of esters is 2. The van der Waals surface area contributed by atoms with Crippen molar-refractivity contribution in [2.45, 2.75) is 6.48 Å². The normalized spacial score (nSPS) is 10.1. The van der Waals surface area contributed by atoms with E-state index >= 15 is 0 Å². The van der Waals surface area contributed by atoms with Crippen molar-refractivity contribution in [3.63, 3.8) is 0 Å². The zero-order valence-electron chi connectivity index (χ0n) is 7.79. The maximum atomic E-state index is 10.8. The van der Waals surface area contributed by atoms with Gasteiger partial charge >= 0.3 is 18.4 Å². The third kappa shape index (κ3) is 7.48. The van der Waals surface area contributed by atoms with Crippen LogP contribution in [0.2, 0.25) is 0 Å². The molecule has 0 bridgehead atoms. The van der Waals surface area contributed by atoms with E-state index in [2.05, 4.69) is 34.7 Å². The molecule has 0 aromatic rings. The highest BCUT2D eigenvalue weighted by atomic mass is 32.1. The molecule has 8 heteroatoms. The topological polar surface area (TPSA) is 82.1 Å². The van der Waals surface area contributed by atoms with Crippen LogP contribution in [0.25, 0.3) is 0 Å². The SMILES string of the molecule is O=C(CS)OC(OCCO)OC(=O)CS. The zero-order chi connectivity index (χ0) is 11.7. The number of carbonyl (C=O) groups excluding carboxylic acids is 2. The molecule has 0 atom stereocenters. The van der Waals surface area contributed by atoms with Gasteiger partial charge in [0.1, 0.15) is 0 Å². The fourth-order valence-electron chi connectivity index (χ4n) is 0.530. The van der Waals surface area contributed by atoms with Gasteiger partial charge in [-0.3, -0.25) is 9.59 Å². The predicted molar refractivity (Wildman–Crippen MR) is 56.7 cm³/mol. The van der Waals surface area contributed by atoms with Crippen LogP contribution in [0.15, 0.2) is 0 Å². The summed E-state index contributed by atoms with van der Waals surface area (Å²) < 4.78 is 13.8. The first-order chi connectivity index (χ1) is 7.13. The molecule has 0 aliphatic heterocycles. The number of hydrogen-bond acceptors (Lipinski definition) is 8. The summed E-state index contributed by atoms with van der Waals surface area (Å²) in [5.74, 6) is -1.74. The van der Waals surface area contributed by atoms with Gasteiger partial charge in [-0.1, -0.05) is 0 Å². The average molecular weight is 256 g/mol. The summed E-state index contributed by atoms with van der Waals surface area (Å²) in [6.07, 6.45) is 0. The lowest BCUT2D eigenvalue weighted by atomic mass is 10.7. The zero-order valence-corrected chi connectivity index (χ0v) is 9.58. The first kappa shape index (κ1) is 14.6. The lowest BCUT2D eigenvalue weighted by Gasteiger charge is -2.16. The number of thiol groups is 2. The quantitative estimate of drug-likeness (QED) is 0.315. The smallest absolute Gasteiger partial charge is 0.365 e. The van der Waals surface area contributed by atoms with Gasteiger partial charge in [-0.2, -0.15) is 25.3 Å².